The second kappa shape index (κ2) is 9.49. The fourth-order valence-corrected chi connectivity index (χ4v) is 5.24. The molecule has 1 fully saturated rings. The number of thiophene rings is 1. The number of amides is 1. The van der Waals surface area contributed by atoms with Crippen LogP contribution in [0.15, 0.2) is 51.8 Å². The summed E-state index contributed by atoms with van der Waals surface area (Å²) in [5, 5.41) is 19.1. The standard InChI is InChI=1S/C19H21N5O4S3/c20-31(26,27)15-6-1-4-13(10-15)21-17(25)12-30-19-23-22-18(16-7-3-9-29-16)24(19)11-14-5-2-8-28-14/h1,3-4,6-7,9-10,14H,2,5,8,11-12H2,(H,21,25)(H2,20,26,27)/t14-/m0/s1. The molecule has 3 N–H and O–H groups in total. The smallest absolute Gasteiger partial charge is 0.238 e. The first-order chi connectivity index (χ1) is 14.9. The molecular weight excluding hydrogens is 458 g/mol. The monoisotopic (exact) mass is 479 g/mol. The second-order valence-corrected chi connectivity index (χ2v) is 10.4. The van der Waals surface area contributed by atoms with E-state index in [9.17, 15) is 13.2 Å². The van der Waals surface area contributed by atoms with Gasteiger partial charge in [-0.3, -0.25) is 9.36 Å². The minimum Gasteiger partial charge on any atom is -0.376 e. The Morgan fingerprint density at radius 2 is 2.19 bits per heavy atom. The number of benzene rings is 1. The summed E-state index contributed by atoms with van der Waals surface area (Å²) < 4.78 is 30.8. The molecule has 9 nitrogen and oxygen atoms in total. The van der Waals surface area contributed by atoms with Gasteiger partial charge in [0, 0.05) is 12.3 Å². The van der Waals surface area contributed by atoms with Crippen LogP contribution in [-0.2, 0) is 26.1 Å². The van der Waals surface area contributed by atoms with E-state index in [4.69, 9.17) is 9.88 Å². The van der Waals surface area contributed by atoms with Gasteiger partial charge in [0.1, 0.15) is 0 Å². The summed E-state index contributed by atoms with van der Waals surface area (Å²) in [6, 6.07) is 9.77. The lowest BCUT2D eigenvalue weighted by Gasteiger charge is -2.14. The number of carbonyl (C=O) groups excluding carboxylic acids is 1. The molecule has 3 heterocycles. The Hall–Kier alpha value is -2.25. The molecular formula is C19H21N5O4S3. The van der Waals surface area contributed by atoms with Gasteiger partial charge in [0.25, 0.3) is 0 Å². The highest BCUT2D eigenvalue weighted by atomic mass is 32.2. The van der Waals surface area contributed by atoms with E-state index in [0.717, 1.165) is 30.2 Å². The number of nitrogens with one attached hydrogen (secondary N) is 1. The van der Waals surface area contributed by atoms with Gasteiger partial charge in [0.2, 0.25) is 15.9 Å². The lowest BCUT2D eigenvalue weighted by molar-refractivity contribution is -0.113. The molecule has 1 aliphatic heterocycles. The summed E-state index contributed by atoms with van der Waals surface area (Å²) >= 11 is 2.85. The van der Waals surface area contributed by atoms with Gasteiger partial charge in [-0.25, -0.2) is 13.6 Å². The van der Waals surface area contributed by atoms with Crippen molar-refractivity contribution in [2.75, 3.05) is 17.7 Å². The third-order valence-corrected chi connectivity index (χ3v) is 7.39. The van der Waals surface area contributed by atoms with Crippen LogP contribution in [0.3, 0.4) is 0 Å². The zero-order valence-electron chi connectivity index (χ0n) is 16.4. The first-order valence-electron chi connectivity index (χ1n) is 9.54. The molecule has 0 saturated carbocycles. The van der Waals surface area contributed by atoms with Crippen LogP contribution in [-0.4, -0.2) is 47.6 Å². The summed E-state index contributed by atoms with van der Waals surface area (Å²) in [5.74, 6) is 0.559. The number of rotatable bonds is 8. The Balaban J connectivity index is 1.46. The summed E-state index contributed by atoms with van der Waals surface area (Å²) in [7, 11) is -3.84. The summed E-state index contributed by atoms with van der Waals surface area (Å²) in [6.45, 7) is 1.38. The van der Waals surface area contributed by atoms with Crippen molar-refractivity contribution in [2.24, 2.45) is 5.14 Å². The summed E-state index contributed by atoms with van der Waals surface area (Å²) in [5.41, 5.74) is 0.359. The first kappa shape index (κ1) is 22.0. The maximum Gasteiger partial charge on any atom is 0.238 e. The molecule has 12 heteroatoms. The average molecular weight is 480 g/mol. The molecule has 0 radical (unpaired) electrons. The lowest BCUT2D eigenvalue weighted by atomic mass is 10.2. The van der Waals surface area contributed by atoms with Gasteiger partial charge in [-0.1, -0.05) is 23.9 Å². The molecule has 3 aromatic rings. The van der Waals surface area contributed by atoms with Crippen LogP contribution in [0.4, 0.5) is 5.69 Å². The van der Waals surface area contributed by atoms with Crippen LogP contribution in [0.1, 0.15) is 12.8 Å². The van der Waals surface area contributed by atoms with Crippen LogP contribution in [0.25, 0.3) is 10.7 Å². The van der Waals surface area contributed by atoms with Crippen molar-refractivity contribution in [3.05, 3.63) is 41.8 Å². The summed E-state index contributed by atoms with van der Waals surface area (Å²) in [4.78, 5) is 13.4. The van der Waals surface area contributed by atoms with E-state index >= 15 is 0 Å². The van der Waals surface area contributed by atoms with Crippen LogP contribution in [0.5, 0.6) is 0 Å². The largest absolute Gasteiger partial charge is 0.376 e. The molecule has 1 atom stereocenters. The highest BCUT2D eigenvalue weighted by Crippen LogP contribution is 2.29. The molecule has 31 heavy (non-hydrogen) atoms. The number of hydrogen-bond donors (Lipinski definition) is 2. The number of nitrogens with two attached hydrogens (primary N) is 1. The summed E-state index contributed by atoms with van der Waals surface area (Å²) in [6.07, 6.45) is 2.11. The third kappa shape index (κ3) is 5.52. The minimum atomic E-state index is -3.84. The van der Waals surface area contributed by atoms with E-state index in [1.165, 1.54) is 30.0 Å². The number of carbonyl (C=O) groups is 1. The number of anilines is 1. The number of nitrogens with zero attached hydrogens (tertiary/aromatic N) is 3. The lowest BCUT2D eigenvalue weighted by Crippen LogP contribution is -2.18. The van der Waals surface area contributed by atoms with Crippen molar-refractivity contribution >= 4 is 44.7 Å². The predicted molar refractivity (Wildman–Crippen MR) is 119 cm³/mol. The highest BCUT2D eigenvalue weighted by Gasteiger charge is 2.22. The maximum atomic E-state index is 12.4. The second-order valence-electron chi connectivity index (χ2n) is 6.94. The number of hydrogen-bond acceptors (Lipinski definition) is 8. The maximum absolute atomic E-state index is 12.4. The Labute approximate surface area is 188 Å². The van der Waals surface area contributed by atoms with Crippen molar-refractivity contribution < 1.29 is 17.9 Å². The van der Waals surface area contributed by atoms with Crippen molar-refractivity contribution in [1.82, 2.24) is 14.8 Å². The van der Waals surface area contributed by atoms with Gasteiger partial charge in [0.15, 0.2) is 11.0 Å². The molecule has 2 aromatic heterocycles. The molecule has 4 rings (SSSR count). The Bertz CT molecular complexity index is 1160. The van der Waals surface area contributed by atoms with Crippen LogP contribution >= 0.6 is 23.1 Å². The zero-order valence-corrected chi connectivity index (χ0v) is 18.9. The fourth-order valence-electron chi connectivity index (χ4n) is 3.22. The Kier molecular flexibility index (Phi) is 6.72. The number of ether oxygens (including phenoxy) is 1. The molecule has 0 unspecified atom stereocenters. The van der Waals surface area contributed by atoms with E-state index < -0.39 is 10.0 Å². The molecule has 1 amide bonds. The Morgan fingerprint density at radius 3 is 2.90 bits per heavy atom. The average Bonchev–Trinajstić information content (AvgIpc) is 3.49. The van der Waals surface area contributed by atoms with E-state index in [1.54, 1.807) is 17.4 Å². The number of primary sulfonamides is 1. The first-order valence-corrected chi connectivity index (χ1v) is 13.0. The van der Waals surface area contributed by atoms with E-state index in [1.807, 2.05) is 22.1 Å². The fraction of sp³-hybridized carbons (Fsp3) is 0.316. The van der Waals surface area contributed by atoms with Gasteiger partial charge in [0.05, 0.1) is 28.2 Å². The van der Waals surface area contributed by atoms with Gasteiger partial charge in [-0.2, -0.15) is 0 Å². The highest BCUT2D eigenvalue weighted by molar-refractivity contribution is 7.99. The Morgan fingerprint density at radius 1 is 1.32 bits per heavy atom. The molecule has 0 aliphatic carbocycles. The molecule has 0 spiro atoms. The van der Waals surface area contributed by atoms with Crippen molar-refractivity contribution in [3.63, 3.8) is 0 Å². The quantitative estimate of drug-likeness (QED) is 0.475. The van der Waals surface area contributed by atoms with Crippen LogP contribution in [0, 0.1) is 0 Å². The predicted octanol–water partition coefficient (Wildman–Crippen LogP) is 2.56. The third-order valence-electron chi connectivity index (χ3n) is 4.65. The van der Waals surface area contributed by atoms with Gasteiger partial charge in [-0.05, 0) is 42.5 Å². The number of thioether (sulfide) groups is 1. The van der Waals surface area contributed by atoms with Gasteiger partial charge < -0.3 is 10.1 Å². The van der Waals surface area contributed by atoms with Crippen LogP contribution < -0.4 is 10.5 Å². The minimum absolute atomic E-state index is 0.0603. The molecule has 0 bridgehead atoms. The van der Waals surface area contributed by atoms with E-state index in [0.29, 0.717) is 17.4 Å². The van der Waals surface area contributed by atoms with E-state index in [-0.39, 0.29) is 22.7 Å². The number of sulfonamides is 1. The molecule has 1 aliphatic rings. The SMILES string of the molecule is NS(=O)(=O)c1cccc(NC(=O)CSc2nnc(-c3cccs3)n2C[C@@H]2CCCO2)c1. The van der Waals surface area contributed by atoms with E-state index in [2.05, 4.69) is 15.5 Å². The molecule has 1 saturated heterocycles. The van der Waals surface area contributed by atoms with Gasteiger partial charge in [-0.15, -0.1) is 21.5 Å². The van der Waals surface area contributed by atoms with Gasteiger partial charge >= 0.3 is 0 Å². The van der Waals surface area contributed by atoms with Crippen LogP contribution in [0.2, 0.25) is 0 Å². The van der Waals surface area contributed by atoms with Crippen molar-refractivity contribution in [2.45, 2.75) is 35.5 Å². The molecule has 164 valence electrons. The number of aromatic nitrogens is 3. The van der Waals surface area contributed by atoms with Crippen molar-refractivity contribution in [1.29, 1.82) is 0 Å². The normalized spacial score (nSPS) is 16.5. The molecule has 1 aromatic carbocycles. The topological polar surface area (TPSA) is 129 Å². The zero-order chi connectivity index (χ0) is 21.8. The van der Waals surface area contributed by atoms with Crippen molar-refractivity contribution in [3.8, 4) is 10.7 Å².